The Bertz CT molecular complexity index is 773. The molecule has 5 nitrogen and oxygen atoms in total. The summed E-state index contributed by atoms with van der Waals surface area (Å²) in [4.78, 5) is 23.7. The molecule has 0 aliphatic heterocycles. The summed E-state index contributed by atoms with van der Waals surface area (Å²) in [6.07, 6.45) is 3.77. The molecule has 1 aliphatic carbocycles. The fourth-order valence-electron chi connectivity index (χ4n) is 3.69. The smallest absolute Gasteiger partial charge is 0.307 e. The fourth-order valence-corrected chi connectivity index (χ4v) is 3.69. The maximum absolute atomic E-state index is 12.4. The fraction of sp³-hybridized carbons (Fsp3) is 0.391. The Morgan fingerprint density at radius 1 is 0.929 bits per heavy atom. The van der Waals surface area contributed by atoms with E-state index in [0.717, 1.165) is 29.7 Å². The summed E-state index contributed by atoms with van der Waals surface area (Å²) in [6, 6.07) is 17.9. The van der Waals surface area contributed by atoms with E-state index in [1.165, 1.54) is 0 Å². The number of amides is 1. The molecule has 1 aliphatic rings. The van der Waals surface area contributed by atoms with Crippen molar-refractivity contribution in [3.05, 3.63) is 65.7 Å². The second-order valence-corrected chi connectivity index (χ2v) is 7.29. The van der Waals surface area contributed by atoms with Crippen molar-refractivity contribution in [3.8, 4) is 5.75 Å². The highest BCUT2D eigenvalue weighted by atomic mass is 16.5. The van der Waals surface area contributed by atoms with E-state index < -0.39 is 17.8 Å². The molecule has 0 bridgehead atoms. The van der Waals surface area contributed by atoms with Crippen LogP contribution in [0.4, 0.5) is 0 Å². The van der Waals surface area contributed by atoms with Gasteiger partial charge in [-0.1, -0.05) is 55.3 Å². The van der Waals surface area contributed by atoms with Crippen LogP contribution in [0.3, 0.4) is 0 Å². The second-order valence-electron chi connectivity index (χ2n) is 7.29. The van der Waals surface area contributed by atoms with Gasteiger partial charge in [0.25, 0.3) is 0 Å². The van der Waals surface area contributed by atoms with Gasteiger partial charge in [0.1, 0.15) is 12.4 Å². The quantitative estimate of drug-likeness (QED) is 0.729. The van der Waals surface area contributed by atoms with E-state index in [2.05, 4.69) is 5.32 Å². The summed E-state index contributed by atoms with van der Waals surface area (Å²) in [5.41, 5.74) is 2.22. The zero-order valence-electron chi connectivity index (χ0n) is 16.0. The van der Waals surface area contributed by atoms with Gasteiger partial charge >= 0.3 is 5.97 Å². The van der Waals surface area contributed by atoms with Crippen LogP contribution in [0.15, 0.2) is 54.6 Å². The van der Waals surface area contributed by atoms with Crippen LogP contribution >= 0.6 is 0 Å². The number of carboxylic acid groups (broad SMARTS) is 1. The molecule has 0 aromatic heterocycles. The molecule has 28 heavy (non-hydrogen) atoms. The van der Waals surface area contributed by atoms with Crippen LogP contribution in [0.2, 0.25) is 0 Å². The highest BCUT2D eigenvalue weighted by Gasteiger charge is 2.35. The number of ether oxygens (including phenoxy) is 1. The van der Waals surface area contributed by atoms with Crippen LogP contribution < -0.4 is 10.1 Å². The minimum Gasteiger partial charge on any atom is -0.489 e. The number of hydrogen-bond donors (Lipinski definition) is 2. The van der Waals surface area contributed by atoms with Crippen LogP contribution in [0, 0.1) is 11.8 Å². The Labute approximate surface area is 165 Å². The summed E-state index contributed by atoms with van der Waals surface area (Å²) < 4.78 is 5.78. The van der Waals surface area contributed by atoms with Gasteiger partial charge in [0, 0.05) is 6.54 Å². The molecule has 0 saturated heterocycles. The molecule has 3 rings (SSSR count). The van der Waals surface area contributed by atoms with Crippen molar-refractivity contribution in [1.82, 2.24) is 5.32 Å². The Morgan fingerprint density at radius 2 is 1.61 bits per heavy atom. The van der Waals surface area contributed by atoms with Crippen molar-refractivity contribution in [3.63, 3.8) is 0 Å². The summed E-state index contributed by atoms with van der Waals surface area (Å²) in [7, 11) is 0. The molecular weight excluding hydrogens is 354 g/mol. The lowest BCUT2D eigenvalue weighted by Crippen LogP contribution is -2.40. The number of rotatable bonds is 8. The Kier molecular flexibility index (Phi) is 7.06. The van der Waals surface area contributed by atoms with Crippen molar-refractivity contribution in [2.24, 2.45) is 11.8 Å². The third-order valence-corrected chi connectivity index (χ3v) is 5.30. The Balaban J connectivity index is 1.43. The van der Waals surface area contributed by atoms with Crippen molar-refractivity contribution in [2.45, 2.75) is 38.7 Å². The van der Waals surface area contributed by atoms with E-state index in [1.807, 2.05) is 54.6 Å². The molecule has 2 N–H and O–H groups in total. The van der Waals surface area contributed by atoms with Crippen molar-refractivity contribution in [2.75, 3.05) is 6.54 Å². The van der Waals surface area contributed by atoms with Crippen molar-refractivity contribution in [1.29, 1.82) is 0 Å². The van der Waals surface area contributed by atoms with Gasteiger partial charge in [-0.05, 0) is 42.5 Å². The molecule has 1 saturated carbocycles. The first-order valence-electron chi connectivity index (χ1n) is 9.89. The third-order valence-electron chi connectivity index (χ3n) is 5.30. The summed E-state index contributed by atoms with van der Waals surface area (Å²) in [5, 5.41) is 12.2. The van der Waals surface area contributed by atoms with Gasteiger partial charge in [-0.15, -0.1) is 0 Å². The molecule has 1 amide bonds. The van der Waals surface area contributed by atoms with Gasteiger partial charge in [0.2, 0.25) is 5.91 Å². The van der Waals surface area contributed by atoms with Gasteiger partial charge in [0.15, 0.2) is 0 Å². The van der Waals surface area contributed by atoms with E-state index in [4.69, 9.17) is 4.74 Å². The molecule has 0 radical (unpaired) electrons. The summed E-state index contributed by atoms with van der Waals surface area (Å²) in [6.45, 7) is 1.04. The molecule has 5 heteroatoms. The summed E-state index contributed by atoms with van der Waals surface area (Å²) in [5.74, 6) is -1.13. The number of hydrogen-bond acceptors (Lipinski definition) is 3. The molecule has 2 aromatic carbocycles. The van der Waals surface area contributed by atoms with Crippen LogP contribution in [0.25, 0.3) is 0 Å². The average Bonchev–Trinajstić information content (AvgIpc) is 2.74. The molecule has 2 atom stereocenters. The number of nitrogens with one attached hydrogen (secondary N) is 1. The van der Waals surface area contributed by atoms with E-state index in [9.17, 15) is 14.7 Å². The normalized spacial score (nSPS) is 19.0. The SMILES string of the molecule is O=C(O)C1CCCCC1C(=O)NCCc1ccc(OCc2ccccc2)cc1. The zero-order chi connectivity index (χ0) is 19.8. The largest absolute Gasteiger partial charge is 0.489 e. The maximum atomic E-state index is 12.4. The molecule has 148 valence electrons. The van der Waals surface area contributed by atoms with Crippen molar-refractivity contribution >= 4 is 11.9 Å². The lowest BCUT2D eigenvalue weighted by molar-refractivity contribution is -0.148. The molecule has 1 fully saturated rings. The molecule has 0 spiro atoms. The van der Waals surface area contributed by atoms with E-state index in [-0.39, 0.29) is 5.91 Å². The second kappa shape index (κ2) is 9.93. The number of carboxylic acids is 1. The van der Waals surface area contributed by atoms with Gasteiger partial charge in [-0.25, -0.2) is 0 Å². The predicted molar refractivity (Wildman–Crippen MR) is 107 cm³/mol. The lowest BCUT2D eigenvalue weighted by Gasteiger charge is -2.27. The first-order chi connectivity index (χ1) is 13.6. The van der Waals surface area contributed by atoms with Crippen LogP contribution in [-0.2, 0) is 22.6 Å². The molecule has 2 unspecified atom stereocenters. The molecule has 0 heterocycles. The van der Waals surface area contributed by atoms with Gasteiger partial charge in [0.05, 0.1) is 11.8 Å². The first-order valence-corrected chi connectivity index (χ1v) is 9.89. The topological polar surface area (TPSA) is 75.6 Å². The lowest BCUT2D eigenvalue weighted by atomic mass is 9.78. The van der Waals surface area contributed by atoms with Gasteiger partial charge in [-0.2, -0.15) is 0 Å². The van der Waals surface area contributed by atoms with E-state index >= 15 is 0 Å². The number of carbonyl (C=O) groups excluding carboxylic acids is 1. The Morgan fingerprint density at radius 3 is 2.29 bits per heavy atom. The van der Waals surface area contributed by atoms with E-state index in [1.54, 1.807) is 0 Å². The summed E-state index contributed by atoms with van der Waals surface area (Å²) >= 11 is 0. The minimum absolute atomic E-state index is 0.130. The van der Waals surface area contributed by atoms with Crippen LogP contribution in [0.1, 0.15) is 36.8 Å². The zero-order valence-corrected chi connectivity index (χ0v) is 16.0. The maximum Gasteiger partial charge on any atom is 0.307 e. The highest BCUT2D eigenvalue weighted by molar-refractivity contribution is 5.84. The molecule has 2 aromatic rings. The average molecular weight is 381 g/mol. The molecular formula is C23H27NO4. The van der Waals surface area contributed by atoms with Gasteiger partial charge < -0.3 is 15.2 Å². The monoisotopic (exact) mass is 381 g/mol. The number of aliphatic carboxylic acids is 1. The van der Waals surface area contributed by atoms with Crippen molar-refractivity contribution < 1.29 is 19.4 Å². The standard InChI is InChI=1S/C23H27NO4/c25-22(20-8-4-5-9-21(20)23(26)27)24-15-14-17-10-12-19(13-11-17)28-16-18-6-2-1-3-7-18/h1-3,6-7,10-13,20-21H,4-5,8-9,14-16H2,(H,24,25)(H,26,27). The minimum atomic E-state index is -0.856. The number of benzene rings is 2. The predicted octanol–water partition coefficient (Wildman–Crippen LogP) is 3.82. The van der Waals surface area contributed by atoms with Crippen LogP contribution in [-0.4, -0.2) is 23.5 Å². The van der Waals surface area contributed by atoms with Gasteiger partial charge in [-0.3, -0.25) is 9.59 Å². The Hall–Kier alpha value is -2.82. The van der Waals surface area contributed by atoms with Crippen LogP contribution in [0.5, 0.6) is 5.75 Å². The number of carbonyl (C=O) groups is 2. The first kappa shape index (κ1) is 19.9. The van der Waals surface area contributed by atoms with E-state index in [0.29, 0.717) is 32.4 Å². The highest BCUT2D eigenvalue weighted by Crippen LogP contribution is 2.30. The third kappa shape index (κ3) is 5.59.